The van der Waals surface area contributed by atoms with Crippen LogP contribution in [0.1, 0.15) is 17.5 Å². The van der Waals surface area contributed by atoms with Crippen molar-refractivity contribution in [3.63, 3.8) is 0 Å². The summed E-state index contributed by atoms with van der Waals surface area (Å²) in [5.41, 5.74) is 1.87. The van der Waals surface area contributed by atoms with Gasteiger partial charge in [0.1, 0.15) is 13.2 Å². The van der Waals surface area contributed by atoms with Gasteiger partial charge in [-0.3, -0.25) is 9.59 Å². The first kappa shape index (κ1) is 20.9. The maximum atomic E-state index is 11.8. The van der Waals surface area contributed by atoms with E-state index in [0.29, 0.717) is 36.2 Å². The summed E-state index contributed by atoms with van der Waals surface area (Å²) in [6.07, 6.45) is 5.72. The van der Waals surface area contributed by atoms with E-state index in [2.05, 4.69) is 0 Å². The van der Waals surface area contributed by atoms with Gasteiger partial charge in [-0.25, -0.2) is 4.79 Å². The van der Waals surface area contributed by atoms with Crippen molar-refractivity contribution < 1.29 is 28.6 Å². The van der Waals surface area contributed by atoms with Crippen LogP contribution in [0.15, 0.2) is 54.6 Å². The van der Waals surface area contributed by atoms with Crippen LogP contribution in [0.2, 0.25) is 0 Å². The smallest absolute Gasteiger partial charge is 0.330 e. The number of hydrogen-bond donors (Lipinski definition) is 0. The number of aldehydes is 2. The van der Waals surface area contributed by atoms with E-state index in [4.69, 9.17) is 14.2 Å². The van der Waals surface area contributed by atoms with Crippen LogP contribution in [0, 0.1) is 0 Å². The van der Waals surface area contributed by atoms with Crippen molar-refractivity contribution in [3.05, 3.63) is 65.7 Å². The molecule has 0 heterocycles. The van der Waals surface area contributed by atoms with Crippen molar-refractivity contribution in [2.45, 2.75) is 12.8 Å². The molecule has 2 rings (SSSR count). The van der Waals surface area contributed by atoms with Gasteiger partial charge in [0.15, 0.2) is 24.1 Å². The highest BCUT2D eigenvalue weighted by Crippen LogP contribution is 2.28. The van der Waals surface area contributed by atoms with Crippen molar-refractivity contribution in [1.82, 2.24) is 0 Å². The lowest BCUT2D eigenvalue weighted by atomic mass is 10.1. The monoisotopic (exact) mass is 382 g/mol. The molecule has 6 heteroatoms. The summed E-state index contributed by atoms with van der Waals surface area (Å²) in [5.74, 6) is 0.214. The Hall–Kier alpha value is -3.41. The Morgan fingerprint density at radius 1 is 0.893 bits per heavy atom. The molecule has 146 valence electrons. The van der Waals surface area contributed by atoms with Crippen molar-refractivity contribution in [2.75, 3.05) is 19.8 Å². The van der Waals surface area contributed by atoms with E-state index in [9.17, 15) is 14.4 Å². The van der Waals surface area contributed by atoms with Crippen LogP contribution >= 0.6 is 0 Å². The minimum absolute atomic E-state index is 0.123. The van der Waals surface area contributed by atoms with Gasteiger partial charge in [0.2, 0.25) is 0 Å². The fourth-order valence-electron chi connectivity index (χ4n) is 2.41. The molecule has 28 heavy (non-hydrogen) atoms. The van der Waals surface area contributed by atoms with E-state index in [0.717, 1.165) is 12.8 Å². The van der Waals surface area contributed by atoms with Crippen LogP contribution in [-0.2, 0) is 25.5 Å². The van der Waals surface area contributed by atoms with E-state index >= 15 is 0 Å². The molecule has 0 unspecified atom stereocenters. The summed E-state index contributed by atoms with van der Waals surface area (Å²) >= 11 is 0. The molecule has 0 atom stereocenters. The molecule has 0 aliphatic heterocycles. The maximum Gasteiger partial charge on any atom is 0.330 e. The van der Waals surface area contributed by atoms with E-state index in [1.165, 1.54) is 11.6 Å². The van der Waals surface area contributed by atoms with Crippen LogP contribution in [0.4, 0.5) is 0 Å². The zero-order valence-corrected chi connectivity index (χ0v) is 15.4. The molecule has 0 amide bonds. The van der Waals surface area contributed by atoms with Gasteiger partial charge in [-0.2, -0.15) is 0 Å². The minimum Gasteiger partial charge on any atom is -0.482 e. The normalized spacial score (nSPS) is 10.4. The average molecular weight is 382 g/mol. The second-order valence-corrected chi connectivity index (χ2v) is 5.75. The molecule has 0 fully saturated rings. The SMILES string of the molecule is O=CCOc1ccc(C=CC(=O)OCCCc2ccccc2)cc1OCC=O. The van der Waals surface area contributed by atoms with Gasteiger partial charge in [-0.1, -0.05) is 36.4 Å². The maximum absolute atomic E-state index is 11.8. The molecule has 0 radical (unpaired) electrons. The van der Waals surface area contributed by atoms with Crippen molar-refractivity contribution in [1.29, 1.82) is 0 Å². The molecule has 0 saturated heterocycles. The fourth-order valence-corrected chi connectivity index (χ4v) is 2.41. The predicted molar refractivity (Wildman–Crippen MR) is 104 cm³/mol. The molecule has 2 aromatic rings. The Morgan fingerprint density at radius 3 is 2.32 bits per heavy atom. The Labute approximate surface area is 163 Å². The van der Waals surface area contributed by atoms with E-state index in [-0.39, 0.29) is 13.2 Å². The number of carbonyl (C=O) groups excluding carboxylic acids is 3. The number of esters is 1. The Morgan fingerprint density at radius 2 is 1.61 bits per heavy atom. The van der Waals surface area contributed by atoms with Crippen LogP contribution < -0.4 is 9.47 Å². The first-order chi connectivity index (χ1) is 13.7. The minimum atomic E-state index is -0.440. The molecule has 0 saturated carbocycles. The predicted octanol–water partition coefficient (Wildman–Crippen LogP) is 3.03. The third-order valence-corrected chi connectivity index (χ3v) is 3.69. The Kier molecular flexibility index (Phi) is 9.00. The molecule has 0 aliphatic rings. The summed E-state index contributed by atoms with van der Waals surface area (Å²) in [6.45, 7) is 0.0697. The van der Waals surface area contributed by atoms with Crippen LogP contribution in [0.3, 0.4) is 0 Å². The van der Waals surface area contributed by atoms with Gasteiger partial charge in [0.05, 0.1) is 6.61 Å². The summed E-state index contributed by atoms with van der Waals surface area (Å²) < 4.78 is 15.7. The first-order valence-corrected chi connectivity index (χ1v) is 8.88. The van der Waals surface area contributed by atoms with Gasteiger partial charge in [-0.05, 0) is 42.2 Å². The Bertz CT molecular complexity index is 798. The second-order valence-electron chi connectivity index (χ2n) is 5.75. The lowest BCUT2D eigenvalue weighted by molar-refractivity contribution is -0.137. The van der Waals surface area contributed by atoms with E-state index < -0.39 is 5.97 Å². The van der Waals surface area contributed by atoms with E-state index in [1.807, 2.05) is 30.3 Å². The molecule has 0 spiro atoms. The van der Waals surface area contributed by atoms with Crippen LogP contribution in [-0.4, -0.2) is 38.4 Å². The highest BCUT2D eigenvalue weighted by Gasteiger charge is 2.06. The number of ether oxygens (including phenoxy) is 3. The largest absolute Gasteiger partial charge is 0.482 e. The summed E-state index contributed by atoms with van der Waals surface area (Å²) in [5, 5.41) is 0. The third-order valence-electron chi connectivity index (χ3n) is 3.69. The summed E-state index contributed by atoms with van der Waals surface area (Å²) in [4.78, 5) is 32.8. The van der Waals surface area contributed by atoms with Crippen molar-refractivity contribution in [3.8, 4) is 11.5 Å². The summed E-state index contributed by atoms with van der Waals surface area (Å²) in [6, 6.07) is 14.9. The van der Waals surface area contributed by atoms with Crippen molar-refractivity contribution >= 4 is 24.6 Å². The highest BCUT2D eigenvalue weighted by atomic mass is 16.5. The zero-order valence-electron chi connectivity index (χ0n) is 15.4. The van der Waals surface area contributed by atoms with Gasteiger partial charge in [0.25, 0.3) is 0 Å². The molecule has 0 aromatic heterocycles. The summed E-state index contributed by atoms with van der Waals surface area (Å²) in [7, 11) is 0. The first-order valence-electron chi connectivity index (χ1n) is 8.88. The average Bonchev–Trinajstić information content (AvgIpc) is 2.73. The molecular weight excluding hydrogens is 360 g/mol. The van der Waals surface area contributed by atoms with Gasteiger partial charge in [-0.15, -0.1) is 0 Å². The van der Waals surface area contributed by atoms with Gasteiger partial charge >= 0.3 is 5.97 Å². The lowest BCUT2D eigenvalue weighted by Gasteiger charge is -2.10. The quantitative estimate of drug-likeness (QED) is 0.243. The van der Waals surface area contributed by atoms with Crippen LogP contribution in [0.25, 0.3) is 6.08 Å². The highest BCUT2D eigenvalue weighted by molar-refractivity contribution is 5.87. The molecule has 6 nitrogen and oxygen atoms in total. The standard InChI is InChI=1S/C22H22O6/c23-12-15-26-20-10-8-19(17-21(20)27-16-13-24)9-11-22(25)28-14-4-7-18-5-2-1-3-6-18/h1-3,5-6,8-13,17H,4,7,14-16H2. The number of aryl methyl sites for hydroxylation is 1. The fraction of sp³-hybridized carbons (Fsp3) is 0.227. The van der Waals surface area contributed by atoms with Crippen LogP contribution in [0.5, 0.6) is 11.5 Å². The number of benzene rings is 2. The zero-order chi connectivity index (χ0) is 20.0. The molecular formula is C22H22O6. The third kappa shape index (κ3) is 7.45. The number of carbonyl (C=O) groups is 3. The number of hydrogen-bond acceptors (Lipinski definition) is 6. The number of rotatable bonds is 12. The van der Waals surface area contributed by atoms with Crippen molar-refractivity contribution in [2.24, 2.45) is 0 Å². The topological polar surface area (TPSA) is 78.9 Å². The van der Waals surface area contributed by atoms with Gasteiger partial charge < -0.3 is 14.2 Å². The molecule has 0 aliphatic carbocycles. The molecule has 0 bridgehead atoms. The van der Waals surface area contributed by atoms with Gasteiger partial charge in [0, 0.05) is 6.08 Å². The lowest BCUT2D eigenvalue weighted by Crippen LogP contribution is -2.04. The Balaban J connectivity index is 1.86. The molecule has 0 N–H and O–H groups in total. The molecule has 2 aromatic carbocycles. The second kappa shape index (κ2) is 12.1. The van der Waals surface area contributed by atoms with E-state index in [1.54, 1.807) is 24.3 Å².